The van der Waals surface area contributed by atoms with Gasteiger partial charge in [-0.25, -0.2) is 0 Å². The van der Waals surface area contributed by atoms with Crippen molar-refractivity contribution in [3.8, 4) is 0 Å². The summed E-state index contributed by atoms with van der Waals surface area (Å²) in [7, 11) is 1.35. The first-order valence-corrected chi connectivity index (χ1v) is 4.25. The minimum absolute atomic E-state index is 0.294. The molecule has 0 aromatic rings. The highest BCUT2D eigenvalue weighted by Gasteiger charge is 2.32. The number of hydrogen-bond donors (Lipinski definition) is 1. The number of thioether (sulfide) groups is 1. The molecule has 1 saturated heterocycles. The van der Waals surface area contributed by atoms with Crippen LogP contribution in [0.25, 0.3) is 0 Å². The fraction of sp³-hybridized carbons (Fsp3) is 0.833. The Labute approximate surface area is 63.8 Å². The molecule has 0 bridgehead atoms. The smallest absolute Gasteiger partial charge is 0.312 e. The summed E-state index contributed by atoms with van der Waals surface area (Å²) in [5, 5.41) is 9.17. The van der Waals surface area contributed by atoms with Gasteiger partial charge in [-0.2, -0.15) is 11.8 Å². The summed E-state index contributed by atoms with van der Waals surface area (Å²) >= 11 is 1.58. The number of rotatable bonds is 1. The molecule has 0 radical (unpaired) electrons. The molecule has 1 aliphatic rings. The average molecular weight is 162 g/mol. The van der Waals surface area contributed by atoms with E-state index < -0.39 is 6.10 Å². The molecule has 0 saturated carbocycles. The van der Waals surface area contributed by atoms with Gasteiger partial charge in [0.15, 0.2) is 0 Å². The van der Waals surface area contributed by atoms with Crippen LogP contribution < -0.4 is 0 Å². The van der Waals surface area contributed by atoms with Crippen LogP contribution in [0.5, 0.6) is 0 Å². The number of aliphatic hydroxyl groups excluding tert-OH is 1. The van der Waals surface area contributed by atoms with Gasteiger partial charge < -0.3 is 9.84 Å². The predicted molar refractivity (Wildman–Crippen MR) is 38.8 cm³/mol. The standard InChI is InChI=1S/C6H10O3S/c1-9-6(8)4-2-10-3-5(4)7/h4-5,7H,2-3H2,1H3/t4-,5+/m1/s1. The van der Waals surface area contributed by atoms with Gasteiger partial charge >= 0.3 is 5.97 Å². The lowest BCUT2D eigenvalue weighted by Gasteiger charge is -2.09. The Bertz CT molecular complexity index is 137. The van der Waals surface area contributed by atoms with E-state index >= 15 is 0 Å². The molecule has 4 heteroatoms. The third-order valence-corrected chi connectivity index (χ3v) is 2.73. The summed E-state index contributed by atoms with van der Waals surface area (Å²) in [6.07, 6.45) is -0.502. The summed E-state index contributed by atoms with van der Waals surface area (Å²) in [5.41, 5.74) is 0. The molecule has 1 fully saturated rings. The van der Waals surface area contributed by atoms with Crippen molar-refractivity contribution in [1.29, 1.82) is 0 Å². The summed E-state index contributed by atoms with van der Waals surface area (Å²) < 4.78 is 4.49. The first-order chi connectivity index (χ1) is 4.75. The van der Waals surface area contributed by atoms with Gasteiger partial charge in [-0.3, -0.25) is 4.79 Å². The number of ether oxygens (including phenoxy) is 1. The molecular weight excluding hydrogens is 152 g/mol. The minimum Gasteiger partial charge on any atom is -0.469 e. The minimum atomic E-state index is -0.502. The third-order valence-electron chi connectivity index (χ3n) is 1.55. The lowest BCUT2D eigenvalue weighted by Crippen LogP contribution is -2.27. The van der Waals surface area contributed by atoms with E-state index in [0.29, 0.717) is 11.5 Å². The van der Waals surface area contributed by atoms with Crippen LogP contribution in [0.3, 0.4) is 0 Å². The Hall–Kier alpha value is -0.220. The number of carbonyl (C=O) groups is 1. The van der Waals surface area contributed by atoms with Gasteiger partial charge in [0.1, 0.15) is 0 Å². The number of methoxy groups -OCH3 is 1. The average Bonchev–Trinajstić information content (AvgIpc) is 2.34. The molecule has 58 valence electrons. The Balaban J connectivity index is 2.46. The van der Waals surface area contributed by atoms with Crippen molar-refractivity contribution in [3.05, 3.63) is 0 Å². The normalized spacial score (nSPS) is 32.2. The number of hydrogen-bond acceptors (Lipinski definition) is 4. The molecule has 0 unspecified atom stereocenters. The highest BCUT2D eigenvalue weighted by atomic mass is 32.2. The topological polar surface area (TPSA) is 46.5 Å². The fourth-order valence-electron chi connectivity index (χ4n) is 0.919. The molecule has 0 aromatic carbocycles. The van der Waals surface area contributed by atoms with Gasteiger partial charge in [0.25, 0.3) is 0 Å². The van der Waals surface area contributed by atoms with Crippen molar-refractivity contribution in [2.24, 2.45) is 5.92 Å². The van der Waals surface area contributed by atoms with Crippen molar-refractivity contribution in [1.82, 2.24) is 0 Å². The van der Waals surface area contributed by atoms with Crippen LogP contribution in [0.2, 0.25) is 0 Å². The molecule has 1 heterocycles. The van der Waals surface area contributed by atoms with Gasteiger partial charge in [0, 0.05) is 11.5 Å². The molecule has 1 rings (SSSR count). The van der Waals surface area contributed by atoms with E-state index in [0.717, 1.165) is 0 Å². The van der Waals surface area contributed by atoms with Crippen LogP contribution in [0.1, 0.15) is 0 Å². The second kappa shape index (κ2) is 3.25. The Morgan fingerprint density at radius 3 is 2.80 bits per heavy atom. The van der Waals surface area contributed by atoms with Crippen LogP contribution in [-0.2, 0) is 9.53 Å². The maximum atomic E-state index is 10.8. The number of esters is 1. The van der Waals surface area contributed by atoms with Crippen LogP contribution in [0.15, 0.2) is 0 Å². The summed E-state index contributed by atoms with van der Waals surface area (Å²) in [5.74, 6) is 0.751. The second-order valence-corrected chi connectivity index (χ2v) is 3.31. The van der Waals surface area contributed by atoms with Gasteiger partial charge in [0.05, 0.1) is 19.1 Å². The fourth-order valence-corrected chi connectivity index (χ4v) is 2.14. The monoisotopic (exact) mass is 162 g/mol. The molecule has 10 heavy (non-hydrogen) atoms. The van der Waals surface area contributed by atoms with Gasteiger partial charge in [-0.1, -0.05) is 0 Å². The van der Waals surface area contributed by atoms with E-state index in [4.69, 9.17) is 5.11 Å². The Morgan fingerprint density at radius 1 is 1.70 bits per heavy atom. The summed E-state index contributed by atoms with van der Waals surface area (Å²) in [6.45, 7) is 0. The maximum Gasteiger partial charge on any atom is 0.312 e. The quantitative estimate of drug-likeness (QED) is 0.546. The van der Waals surface area contributed by atoms with E-state index in [1.165, 1.54) is 7.11 Å². The van der Waals surface area contributed by atoms with Crippen LogP contribution in [0.4, 0.5) is 0 Å². The molecule has 0 aromatic heterocycles. The van der Waals surface area contributed by atoms with Crippen molar-refractivity contribution >= 4 is 17.7 Å². The molecule has 1 N–H and O–H groups in total. The van der Waals surface area contributed by atoms with E-state index in [1.807, 2.05) is 0 Å². The van der Waals surface area contributed by atoms with Crippen LogP contribution >= 0.6 is 11.8 Å². The zero-order valence-electron chi connectivity index (χ0n) is 5.74. The Kier molecular flexibility index (Phi) is 2.56. The lowest BCUT2D eigenvalue weighted by molar-refractivity contribution is -0.147. The van der Waals surface area contributed by atoms with Gasteiger partial charge in [-0.05, 0) is 0 Å². The van der Waals surface area contributed by atoms with E-state index in [-0.39, 0.29) is 11.9 Å². The molecule has 0 spiro atoms. The van der Waals surface area contributed by atoms with Gasteiger partial charge in [-0.15, -0.1) is 0 Å². The molecular formula is C6H10O3S. The van der Waals surface area contributed by atoms with Crippen molar-refractivity contribution in [3.63, 3.8) is 0 Å². The molecule has 2 atom stereocenters. The van der Waals surface area contributed by atoms with Crippen LogP contribution in [-0.4, -0.2) is 35.8 Å². The van der Waals surface area contributed by atoms with E-state index in [1.54, 1.807) is 11.8 Å². The maximum absolute atomic E-state index is 10.8. The van der Waals surface area contributed by atoms with Gasteiger partial charge in [0.2, 0.25) is 0 Å². The number of aliphatic hydroxyl groups is 1. The van der Waals surface area contributed by atoms with Crippen molar-refractivity contribution in [2.75, 3.05) is 18.6 Å². The molecule has 0 aliphatic carbocycles. The lowest BCUT2D eigenvalue weighted by atomic mass is 10.1. The number of carbonyl (C=O) groups excluding carboxylic acids is 1. The third kappa shape index (κ3) is 1.44. The molecule has 1 aliphatic heterocycles. The highest BCUT2D eigenvalue weighted by Crippen LogP contribution is 2.24. The van der Waals surface area contributed by atoms with E-state index in [9.17, 15) is 4.79 Å². The highest BCUT2D eigenvalue weighted by molar-refractivity contribution is 7.99. The second-order valence-electron chi connectivity index (χ2n) is 2.23. The van der Waals surface area contributed by atoms with Crippen LogP contribution in [0, 0.1) is 5.92 Å². The largest absolute Gasteiger partial charge is 0.469 e. The first kappa shape index (κ1) is 7.88. The summed E-state index contributed by atoms with van der Waals surface area (Å²) in [6, 6.07) is 0. The van der Waals surface area contributed by atoms with Crippen molar-refractivity contribution < 1.29 is 14.6 Å². The summed E-state index contributed by atoms with van der Waals surface area (Å²) in [4.78, 5) is 10.8. The molecule has 3 nitrogen and oxygen atoms in total. The Morgan fingerprint density at radius 2 is 2.40 bits per heavy atom. The first-order valence-electron chi connectivity index (χ1n) is 3.09. The zero-order valence-corrected chi connectivity index (χ0v) is 6.56. The van der Waals surface area contributed by atoms with Crippen molar-refractivity contribution in [2.45, 2.75) is 6.10 Å². The van der Waals surface area contributed by atoms with E-state index in [2.05, 4.69) is 4.74 Å². The SMILES string of the molecule is COC(=O)[C@@H]1CSC[C@@H]1O. The predicted octanol–water partition coefficient (Wildman–Crippen LogP) is -0.117. The zero-order chi connectivity index (χ0) is 7.56. The molecule has 0 amide bonds.